The molecule has 0 fully saturated rings. The Balaban J connectivity index is 2.60. The Morgan fingerprint density at radius 3 is 2.55 bits per heavy atom. The number of rotatable bonds is 6. The highest BCUT2D eigenvalue weighted by atomic mass is 16.5. The second-order valence-electron chi connectivity index (χ2n) is 4.08. The molecule has 1 unspecified atom stereocenters. The Bertz CT molecular complexity index is 494. The molecule has 0 aromatic carbocycles. The lowest BCUT2D eigenvalue weighted by Gasteiger charge is -2.14. The smallest absolute Gasteiger partial charge is 0.326 e. The highest BCUT2D eigenvalue weighted by Crippen LogP contribution is 2.02. The van der Waals surface area contributed by atoms with Crippen LogP contribution in [-0.2, 0) is 9.53 Å². The van der Waals surface area contributed by atoms with E-state index in [0.717, 1.165) is 0 Å². The van der Waals surface area contributed by atoms with Crippen molar-refractivity contribution in [1.82, 2.24) is 20.5 Å². The normalized spacial score (nSPS) is 11.8. The first-order valence-electron chi connectivity index (χ1n) is 5.91. The largest absolute Gasteiger partial charge is 0.480 e. The number of aliphatic carboxylic acids is 1. The van der Waals surface area contributed by atoms with Crippen LogP contribution in [0.3, 0.4) is 0 Å². The molecule has 1 aromatic heterocycles. The van der Waals surface area contributed by atoms with Crippen LogP contribution in [0.5, 0.6) is 0 Å². The maximum atomic E-state index is 11.7. The number of amides is 2. The van der Waals surface area contributed by atoms with Gasteiger partial charge in [-0.15, -0.1) is 5.10 Å². The van der Waals surface area contributed by atoms with E-state index in [0.29, 0.717) is 11.4 Å². The number of aromatic nitrogens is 3. The fraction of sp³-hybridized carbons (Fsp3) is 0.545. The number of methoxy groups -OCH3 is 1. The lowest BCUT2D eigenvalue weighted by atomic mass is 10.2. The maximum absolute atomic E-state index is 11.7. The lowest BCUT2D eigenvalue weighted by molar-refractivity contribution is -0.139. The number of ether oxygens (including phenoxy) is 1. The molecule has 1 aromatic rings. The molecule has 0 aliphatic heterocycles. The first-order chi connectivity index (χ1) is 9.43. The first-order valence-corrected chi connectivity index (χ1v) is 5.91. The van der Waals surface area contributed by atoms with E-state index in [1.165, 1.54) is 7.11 Å². The molecule has 9 heteroatoms. The molecule has 9 nitrogen and oxygen atoms in total. The molecule has 0 aliphatic rings. The Morgan fingerprint density at radius 1 is 1.30 bits per heavy atom. The molecular weight excluding hydrogens is 266 g/mol. The molecule has 0 saturated heterocycles. The summed E-state index contributed by atoms with van der Waals surface area (Å²) >= 11 is 0. The number of hydrogen-bond acceptors (Lipinski definition) is 6. The molecular formula is C11H17N5O4. The molecule has 2 amide bonds. The predicted molar refractivity (Wildman–Crippen MR) is 69.4 cm³/mol. The monoisotopic (exact) mass is 283 g/mol. The van der Waals surface area contributed by atoms with Gasteiger partial charge in [0, 0.05) is 20.1 Å². The third-order valence-electron chi connectivity index (χ3n) is 2.53. The summed E-state index contributed by atoms with van der Waals surface area (Å²) in [6, 6.07) is -1.76. The van der Waals surface area contributed by atoms with E-state index in [1.54, 1.807) is 13.8 Å². The average Bonchev–Trinajstić information content (AvgIpc) is 2.38. The van der Waals surface area contributed by atoms with Gasteiger partial charge in [0.1, 0.15) is 6.04 Å². The van der Waals surface area contributed by atoms with E-state index in [2.05, 4.69) is 25.8 Å². The zero-order valence-corrected chi connectivity index (χ0v) is 11.5. The summed E-state index contributed by atoms with van der Waals surface area (Å²) in [6.45, 7) is 3.69. The summed E-state index contributed by atoms with van der Waals surface area (Å²) in [5.41, 5.74) is 1.28. The van der Waals surface area contributed by atoms with Gasteiger partial charge in [0.2, 0.25) is 0 Å². The third kappa shape index (κ3) is 4.76. The Morgan fingerprint density at radius 2 is 2.00 bits per heavy atom. The zero-order chi connectivity index (χ0) is 15.1. The number of carbonyl (C=O) groups is 2. The van der Waals surface area contributed by atoms with Gasteiger partial charge in [0.25, 0.3) is 5.95 Å². The second-order valence-corrected chi connectivity index (χ2v) is 4.08. The highest BCUT2D eigenvalue weighted by molar-refractivity contribution is 5.90. The second kappa shape index (κ2) is 7.34. The first kappa shape index (κ1) is 15.8. The number of urea groups is 1. The zero-order valence-electron chi connectivity index (χ0n) is 11.5. The van der Waals surface area contributed by atoms with Crippen LogP contribution in [0.4, 0.5) is 10.7 Å². The van der Waals surface area contributed by atoms with E-state index in [4.69, 9.17) is 9.84 Å². The number of hydrogen-bond donors (Lipinski definition) is 3. The summed E-state index contributed by atoms with van der Waals surface area (Å²) < 4.78 is 4.78. The molecule has 3 N–H and O–H groups in total. The number of carboxylic acids is 1. The molecule has 1 atom stereocenters. The minimum absolute atomic E-state index is 0.0153. The number of carbonyl (C=O) groups excluding carboxylic acids is 1. The summed E-state index contributed by atoms with van der Waals surface area (Å²) in [5, 5.41) is 21.1. The standard InChI is InChI=1S/C11H17N5O4/c1-6-7(2)15-16-10(12-6)14-11(19)13-8(9(17)18)4-5-20-3/h8H,4-5H2,1-3H3,(H,17,18)(H2,12,13,14,16,19). The van der Waals surface area contributed by atoms with Crippen LogP contribution in [0.15, 0.2) is 0 Å². The minimum atomic E-state index is -1.14. The van der Waals surface area contributed by atoms with Crippen LogP contribution in [-0.4, -0.2) is 52.0 Å². The van der Waals surface area contributed by atoms with Gasteiger partial charge in [-0.25, -0.2) is 14.6 Å². The maximum Gasteiger partial charge on any atom is 0.326 e. The van der Waals surface area contributed by atoms with E-state index < -0.39 is 18.0 Å². The van der Waals surface area contributed by atoms with Crippen molar-refractivity contribution >= 4 is 17.9 Å². The molecule has 110 valence electrons. The van der Waals surface area contributed by atoms with Crippen molar-refractivity contribution in [3.8, 4) is 0 Å². The molecule has 0 bridgehead atoms. The number of nitrogens with one attached hydrogen (secondary N) is 2. The predicted octanol–water partition coefficient (Wildman–Crippen LogP) is 0.0996. The quantitative estimate of drug-likeness (QED) is 0.675. The molecule has 0 aliphatic carbocycles. The van der Waals surface area contributed by atoms with Crippen molar-refractivity contribution in [1.29, 1.82) is 0 Å². The van der Waals surface area contributed by atoms with Gasteiger partial charge in [-0.1, -0.05) is 0 Å². The van der Waals surface area contributed by atoms with E-state index >= 15 is 0 Å². The Kier molecular flexibility index (Phi) is 5.78. The molecule has 0 radical (unpaired) electrons. The van der Waals surface area contributed by atoms with Gasteiger partial charge < -0.3 is 15.2 Å². The fourth-order valence-corrected chi connectivity index (χ4v) is 1.30. The van der Waals surface area contributed by atoms with Crippen LogP contribution < -0.4 is 10.6 Å². The van der Waals surface area contributed by atoms with Gasteiger partial charge in [0.15, 0.2) is 0 Å². The summed E-state index contributed by atoms with van der Waals surface area (Å²) in [4.78, 5) is 26.6. The van der Waals surface area contributed by atoms with Crippen molar-refractivity contribution in [3.63, 3.8) is 0 Å². The topological polar surface area (TPSA) is 126 Å². The molecule has 0 saturated carbocycles. The van der Waals surface area contributed by atoms with Crippen molar-refractivity contribution in [2.45, 2.75) is 26.3 Å². The van der Waals surface area contributed by atoms with Gasteiger partial charge in [-0.2, -0.15) is 5.10 Å². The summed E-state index contributed by atoms with van der Waals surface area (Å²) in [7, 11) is 1.45. The molecule has 20 heavy (non-hydrogen) atoms. The number of anilines is 1. The van der Waals surface area contributed by atoms with E-state index in [-0.39, 0.29) is 19.0 Å². The highest BCUT2D eigenvalue weighted by Gasteiger charge is 2.20. The Labute approximate surface area is 115 Å². The molecule has 1 heterocycles. The lowest BCUT2D eigenvalue weighted by Crippen LogP contribution is -2.43. The fourth-order valence-electron chi connectivity index (χ4n) is 1.30. The van der Waals surface area contributed by atoms with Crippen LogP contribution >= 0.6 is 0 Å². The van der Waals surface area contributed by atoms with Gasteiger partial charge >= 0.3 is 12.0 Å². The molecule has 0 spiro atoms. The average molecular weight is 283 g/mol. The third-order valence-corrected chi connectivity index (χ3v) is 2.53. The van der Waals surface area contributed by atoms with Crippen molar-refractivity contribution in [2.24, 2.45) is 0 Å². The van der Waals surface area contributed by atoms with E-state index in [9.17, 15) is 9.59 Å². The number of aryl methyl sites for hydroxylation is 2. The minimum Gasteiger partial charge on any atom is -0.480 e. The van der Waals surface area contributed by atoms with Gasteiger partial charge in [-0.05, 0) is 13.8 Å². The Hall–Kier alpha value is -2.29. The van der Waals surface area contributed by atoms with Crippen LogP contribution in [0.25, 0.3) is 0 Å². The van der Waals surface area contributed by atoms with Crippen LogP contribution in [0.1, 0.15) is 17.8 Å². The summed E-state index contributed by atoms with van der Waals surface area (Å²) in [6.07, 6.45) is 0.158. The van der Waals surface area contributed by atoms with Crippen molar-refractivity contribution in [3.05, 3.63) is 11.4 Å². The molecule has 1 rings (SSSR count). The number of nitrogens with zero attached hydrogens (tertiary/aromatic N) is 3. The van der Waals surface area contributed by atoms with Crippen molar-refractivity contribution in [2.75, 3.05) is 19.0 Å². The van der Waals surface area contributed by atoms with Gasteiger partial charge in [-0.3, -0.25) is 5.32 Å². The number of carboxylic acid groups (broad SMARTS) is 1. The van der Waals surface area contributed by atoms with E-state index in [1.807, 2.05) is 0 Å². The SMILES string of the molecule is COCCC(NC(=O)Nc1nnc(C)c(C)n1)C(=O)O. The van der Waals surface area contributed by atoms with Crippen LogP contribution in [0.2, 0.25) is 0 Å². The van der Waals surface area contributed by atoms with Crippen LogP contribution in [0, 0.1) is 13.8 Å². The summed E-state index contributed by atoms with van der Waals surface area (Å²) in [5.74, 6) is -1.13. The van der Waals surface area contributed by atoms with Crippen molar-refractivity contribution < 1.29 is 19.4 Å². The van der Waals surface area contributed by atoms with Gasteiger partial charge in [0.05, 0.1) is 11.4 Å².